The Bertz CT molecular complexity index is 1010. The molecule has 0 bridgehead atoms. The van der Waals surface area contributed by atoms with Gasteiger partial charge in [0, 0.05) is 25.7 Å². The van der Waals surface area contributed by atoms with E-state index < -0.39 is 29.2 Å². The summed E-state index contributed by atoms with van der Waals surface area (Å²) in [6.07, 6.45) is 6.51. The fourth-order valence-corrected chi connectivity index (χ4v) is 8.32. The molecule has 3 saturated carbocycles. The molecule has 0 spiro atoms. The van der Waals surface area contributed by atoms with Crippen molar-refractivity contribution >= 4 is 23.7 Å². The summed E-state index contributed by atoms with van der Waals surface area (Å²) in [5.74, 6) is 0.173. The zero-order chi connectivity index (χ0) is 27.2. The summed E-state index contributed by atoms with van der Waals surface area (Å²) in [5.41, 5.74) is 1.98. The summed E-state index contributed by atoms with van der Waals surface area (Å²) in [4.78, 5) is 35.5. The van der Waals surface area contributed by atoms with E-state index in [1.165, 1.54) is 19.4 Å². The van der Waals surface area contributed by atoms with Gasteiger partial charge >= 0.3 is 18.0 Å². The van der Waals surface area contributed by atoms with Crippen LogP contribution in [0.2, 0.25) is 0 Å². The standard InChI is InChI=1S/C28H42N2O7/c1-7-35-25(33)30-29-16(2)28(34)24(37-18(4)32)15-23-21-9-8-19-14-20(36-17(3)31)10-12-26(19,5)22(21)11-13-27(23,28)6/h8,20-24,34H,7,9-15H2,1-6H3,(H,30,33). The number of hydrogen-bond donors (Lipinski definition) is 2. The fraction of sp³-hybridized carbons (Fsp3) is 0.786. The predicted molar refractivity (Wildman–Crippen MR) is 136 cm³/mol. The molecule has 0 heterocycles. The van der Waals surface area contributed by atoms with Gasteiger partial charge in [0.25, 0.3) is 0 Å². The van der Waals surface area contributed by atoms with Gasteiger partial charge in [-0.15, -0.1) is 0 Å². The molecular formula is C28H42N2O7. The number of esters is 2. The highest BCUT2D eigenvalue weighted by Gasteiger charge is 2.69. The molecular weight excluding hydrogens is 476 g/mol. The van der Waals surface area contributed by atoms with Crippen LogP contribution in [-0.2, 0) is 23.8 Å². The second-order valence-corrected chi connectivity index (χ2v) is 11.8. The van der Waals surface area contributed by atoms with Crippen molar-refractivity contribution in [2.45, 2.75) is 104 Å². The number of ether oxygens (including phenoxy) is 3. The first-order valence-corrected chi connectivity index (χ1v) is 13.6. The highest BCUT2D eigenvalue weighted by atomic mass is 16.6. The average molecular weight is 519 g/mol. The summed E-state index contributed by atoms with van der Waals surface area (Å²) in [6, 6.07) is 0. The number of hydrazone groups is 1. The van der Waals surface area contributed by atoms with Gasteiger partial charge in [0.2, 0.25) is 0 Å². The molecule has 8 unspecified atom stereocenters. The first-order chi connectivity index (χ1) is 17.4. The van der Waals surface area contributed by atoms with Crippen LogP contribution in [0.15, 0.2) is 16.8 Å². The Hall–Kier alpha value is -2.42. The third-order valence-corrected chi connectivity index (χ3v) is 10.0. The highest BCUT2D eigenvalue weighted by Crippen LogP contribution is 2.67. The van der Waals surface area contributed by atoms with E-state index in [0.717, 1.165) is 38.5 Å². The fourth-order valence-electron chi connectivity index (χ4n) is 8.32. The molecule has 9 nitrogen and oxygen atoms in total. The van der Waals surface area contributed by atoms with Gasteiger partial charge in [-0.3, -0.25) is 9.59 Å². The summed E-state index contributed by atoms with van der Waals surface area (Å²) >= 11 is 0. The van der Waals surface area contributed by atoms with E-state index in [1.807, 2.05) is 0 Å². The van der Waals surface area contributed by atoms with Crippen molar-refractivity contribution in [1.82, 2.24) is 5.43 Å². The van der Waals surface area contributed by atoms with Crippen LogP contribution in [0.25, 0.3) is 0 Å². The minimum absolute atomic E-state index is 0.0210. The van der Waals surface area contributed by atoms with Crippen molar-refractivity contribution < 1.29 is 33.7 Å². The topological polar surface area (TPSA) is 124 Å². The normalized spacial score (nSPS) is 40.9. The van der Waals surface area contributed by atoms with Gasteiger partial charge in [0.05, 0.1) is 12.3 Å². The number of carbonyl (C=O) groups excluding carboxylic acids is 3. The molecule has 0 aromatic heterocycles. The van der Waals surface area contributed by atoms with Crippen molar-refractivity contribution in [1.29, 1.82) is 0 Å². The molecule has 4 rings (SSSR count). The van der Waals surface area contributed by atoms with Crippen LogP contribution in [0, 0.1) is 28.6 Å². The van der Waals surface area contributed by atoms with E-state index in [4.69, 9.17) is 14.2 Å². The Labute approximate surface area is 219 Å². The number of hydrogen-bond acceptors (Lipinski definition) is 8. The summed E-state index contributed by atoms with van der Waals surface area (Å²) < 4.78 is 16.2. The van der Waals surface area contributed by atoms with Crippen molar-refractivity contribution in [2.24, 2.45) is 33.7 Å². The van der Waals surface area contributed by atoms with Crippen LogP contribution >= 0.6 is 0 Å². The molecule has 0 radical (unpaired) electrons. The molecule has 8 atom stereocenters. The SMILES string of the molecule is CCOC(=O)NN=C(C)C1(O)C(OC(C)=O)CC2C3CC=C4CC(OC(C)=O)CCC4(C)C3CCC21C. The van der Waals surface area contributed by atoms with E-state index in [1.54, 1.807) is 13.8 Å². The molecule has 0 aromatic carbocycles. The average Bonchev–Trinajstić information content (AvgIpc) is 3.05. The minimum atomic E-state index is -1.52. The van der Waals surface area contributed by atoms with Gasteiger partial charge < -0.3 is 19.3 Å². The zero-order valence-corrected chi connectivity index (χ0v) is 23.0. The lowest BCUT2D eigenvalue weighted by atomic mass is 9.46. The number of allylic oxidation sites excluding steroid dienone is 1. The number of aliphatic hydroxyl groups is 1. The Morgan fingerprint density at radius 2 is 1.78 bits per heavy atom. The van der Waals surface area contributed by atoms with E-state index >= 15 is 0 Å². The first-order valence-electron chi connectivity index (χ1n) is 13.6. The summed E-state index contributed by atoms with van der Waals surface area (Å²) in [6.45, 7) is 10.8. The second-order valence-electron chi connectivity index (χ2n) is 11.8. The molecule has 206 valence electrons. The Morgan fingerprint density at radius 1 is 1.08 bits per heavy atom. The van der Waals surface area contributed by atoms with Gasteiger partial charge in [-0.1, -0.05) is 25.5 Å². The molecule has 4 aliphatic rings. The van der Waals surface area contributed by atoms with Crippen molar-refractivity contribution in [3.63, 3.8) is 0 Å². The van der Waals surface area contributed by atoms with Crippen LogP contribution < -0.4 is 5.43 Å². The maximum atomic E-state index is 12.3. The van der Waals surface area contributed by atoms with Gasteiger partial charge in [-0.2, -0.15) is 5.10 Å². The monoisotopic (exact) mass is 518 g/mol. The lowest BCUT2D eigenvalue weighted by Crippen LogP contribution is -2.60. The number of nitrogens with zero attached hydrogens (tertiary/aromatic N) is 1. The number of rotatable bonds is 5. The second kappa shape index (κ2) is 10.0. The predicted octanol–water partition coefficient (Wildman–Crippen LogP) is 4.28. The quantitative estimate of drug-likeness (QED) is 0.183. The third-order valence-electron chi connectivity index (χ3n) is 10.0. The zero-order valence-electron chi connectivity index (χ0n) is 23.0. The van der Waals surface area contributed by atoms with Crippen LogP contribution in [0.3, 0.4) is 0 Å². The molecule has 9 heteroatoms. The Morgan fingerprint density at radius 3 is 2.43 bits per heavy atom. The van der Waals surface area contributed by atoms with E-state index in [0.29, 0.717) is 24.0 Å². The van der Waals surface area contributed by atoms with Crippen LogP contribution in [0.1, 0.15) is 86.5 Å². The van der Waals surface area contributed by atoms with Crippen molar-refractivity contribution in [2.75, 3.05) is 6.61 Å². The highest BCUT2D eigenvalue weighted by molar-refractivity contribution is 5.93. The molecule has 3 fully saturated rings. The van der Waals surface area contributed by atoms with Crippen LogP contribution in [0.5, 0.6) is 0 Å². The van der Waals surface area contributed by atoms with E-state index in [9.17, 15) is 19.5 Å². The molecule has 1 amide bonds. The summed E-state index contributed by atoms with van der Waals surface area (Å²) in [7, 11) is 0. The Balaban J connectivity index is 1.65. The van der Waals surface area contributed by atoms with Gasteiger partial charge in [0.15, 0.2) is 0 Å². The lowest BCUT2D eigenvalue weighted by Gasteiger charge is -2.58. The van der Waals surface area contributed by atoms with Gasteiger partial charge in [0.1, 0.15) is 17.8 Å². The molecule has 0 saturated heterocycles. The van der Waals surface area contributed by atoms with Gasteiger partial charge in [-0.05, 0) is 75.5 Å². The van der Waals surface area contributed by atoms with E-state index in [2.05, 4.69) is 30.5 Å². The molecule has 4 aliphatic carbocycles. The third kappa shape index (κ3) is 4.57. The van der Waals surface area contributed by atoms with Crippen molar-refractivity contribution in [3.05, 3.63) is 11.6 Å². The van der Waals surface area contributed by atoms with Gasteiger partial charge in [-0.25, -0.2) is 10.2 Å². The number of amides is 1. The molecule has 37 heavy (non-hydrogen) atoms. The minimum Gasteiger partial charge on any atom is -0.462 e. The smallest absolute Gasteiger partial charge is 0.427 e. The molecule has 0 aliphatic heterocycles. The van der Waals surface area contributed by atoms with Crippen molar-refractivity contribution in [3.8, 4) is 0 Å². The van der Waals surface area contributed by atoms with Crippen LogP contribution in [0.4, 0.5) is 4.79 Å². The lowest BCUT2D eigenvalue weighted by molar-refractivity contribution is -0.161. The Kier molecular flexibility index (Phi) is 7.49. The molecule has 0 aromatic rings. The maximum absolute atomic E-state index is 12.3. The largest absolute Gasteiger partial charge is 0.462 e. The van der Waals surface area contributed by atoms with E-state index in [-0.39, 0.29) is 30.0 Å². The first kappa shape index (κ1) is 27.6. The summed E-state index contributed by atoms with van der Waals surface area (Å²) in [5, 5.41) is 16.5. The number of nitrogens with one attached hydrogen (secondary N) is 1. The molecule has 2 N–H and O–H groups in total. The maximum Gasteiger partial charge on any atom is 0.427 e. The number of fused-ring (bicyclic) bond motifs is 5. The van der Waals surface area contributed by atoms with Crippen LogP contribution in [-0.4, -0.2) is 53.3 Å². The number of carbonyl (C=O) groups is 3.